The summed E-state index contributed by atoms with van der Waals surface area (Å²) in [6, 6.07) is 14.5. The van der Waals surface area contributed by atoms with E-state index in [0.717, 1.165) is 22.2 Å². The molecule has 3 rings (SSSR count). The molecule has 3 aromatic rings. The number of phenols is 1. The number of aryl methyl sites for hydroxylation is 1. The Morgan fingerprint density at radius 1 is 1.00 bits per heavy atom. The maximum atomic E-state index is 12.1. The molecular weight excluding hydrogens is 238 g/mol. The maximum Gasteiger partial charge on any atom is 0.256 e. The number of phenolic OH excluding ortho intramolecular Hbond substituents is 1. The molecule has 94 valence electrons. The molecule has 0 saturated carbocycles. The van der Waals surface area contributed by atoms with Crippen molar-refractivity contribution in [1.29, 1.82) is 0 Å². The van der Waals surface area contributed by atoms with Crippen molar-refractivity contribution in [3.05, 3.63) is 64.4 Å². The fourth-order valence-corrected chi connectivity index (χ4v) is 2.17. The van der Waals surface area contributed by atoms with Gasteiger partial charge in [-0.15, -0.1) is 0 Å². The Labute approximate surface area is 110 Å². The van der Waals surface area contributed by atoms with E-state index in [1.54, 1.807) is 24.3 Å². The number of pyridine rings is 1. The van der Waals surface area contributed by atoms with Crippen molar-refractivity contribution in [2.24, 2.45) is 0 Å². The quantitative estimate of drug-likeness (QED) is 0.697. The van der Waals surface area contributed by atoms with E-state index in [0.29, 0.717) is 5.39 Å². The summed E-state index contributed by atoms with van der Waals surface area (Å²) in [5, 5.41) is 10.9. The molecule has 0 atom stereocenters. The number of aromatic hydroxyl groups is 1. The first-order valence-electron chi connectivity index (χ1n) is 6.06. The van der Waals surface area contributed by atoms with Gasteiger partial charge in [0.1, 0.15) is 5.75 Å². The first-order chi connectivity index (χ1) is 9.13. The van der Waals surface area contributed by atoms with Crippen molar-refractivity contribution in [1.82, 2.24) is 4.98 Å². The summed E-state index contributed by atoms with van der Waals surface area (Å²) in [5.74, 6) is 0.211. The minimum atomic E-state index is -0.0933. The van der Waals surface area contributed by atoms with Crippen LogP contribution >= 0.6 is 0 Å². The van der Waals surface area contributed by atoms with Gasteiger partial charge >= 0.3 is 0 Å². The average Bonchev–Trinajstić information content (AvgIpc) is 2.40. The van der Waals surface area contributed by atoms with Gasteiger partial charge in [-0.2, -0.15) is 0 Å². The first-order valence-corrected chi connectivity index (χ1v) is 6.06. The highest BCUT2D eigenvalue weighted by molar-refractivity contribution is 5.85. The van der Waals surface area contributed by atoms with Crippen molar-refractivity contribution in [3.63, 3.8) is 0 Å². The molecule has 3 heteroatoms. The van der Waals surface area contributed by atoms with Gasteiger partial charge in [0.2, 0.25) is 0 Å². The Bertz CT molecular complexity index is 801. The summed E-state index contributed by atoms with van der Waals surface area (Å²) in [6.07, 6.45) is 0. The van der Waals surface area contributed by atoms with Crippen LogP contribution in [0, 0.1) is 6.92 Å². The second-order valence-corrected chi connectivity index (χ2v) is 4.65. The Morgan fingerprint density at radius 3 is 2.47 bits per heavy atom. The molecule has 0 saturated heterocycles. The number of rotatable bonds is 1. The van der Waals surface area contributed by atoms with Crippen LogP contribution in [0.2, 0.25) is 0 Å². The van der Waals surface area contributed by atoms with Gasteiger partial charge in [-0.3, -0.25) is 4.79 Å². The van der Waals surface area contributed by atoms with Gasteiger partial charge < -0.3 is 10.1 Å². The highest BCUT2D eigenvalue weighted by Gasteiger charge is 2.04. The van der Waals surface area contributed by atoms with Crippen molar-refractivity contribution < 1.29 is 5.11 Å². The Balaban J connectivity index is 2.24. The van der Waals surface area contributed by atoms with E-state index in [1.807, 2.05) is 31.2 Å². The van der Waals surface area contributed by atoms with Gasteiger partial charge in [0, 0.05) is 11.1 Å². The van der Waals surface area contributed by atoms with Gasteiger partial charge in [0.25, 0.3) is 5.56 Å². The first kappa shape index (κ1) is 11.5. The van der Waals surface area contributed by atoms with E-state index in [-0.39, 0.29) is 11.3 Å². The van der Waals surface area contributed by atoms with Crippen LogP contribution in [0.1, 0.15) is 5.56 Å². The number of fused-ring (bicyclic) bond motifs is 1. The van der Waals surface area contributed by atoms with E-state index in [4.69, 9.17) is 0 Å². The number of hydrogen-bond acceptors (Lipinski definition) is 2. The lowest BCUT2D eigenvalue weighted by Gasteiger charge is -2.05. The molecule has 0 bridgehead atoms. The fourth-order valence-electron chi connectivity index (χ4n) is 2.17. The monoisotopic (exact) mass is 251 g/mol. The summed E-state index contributed by atoms with van der Waals surface area (Å²) < 4.78 is 0. The summed E-state index contributed by atoms with van der Waals surface area (Å²) in [4.78, 5) is 15.0. The number of aromatic amines is 1. The van der Waals surface area contributed by atoms with E-state index in [9.17, 15) is 9.90 Å². The lowest BCUT2D eigenvalue weighted by atomic mass is 10.1. The largest absolute Gasteiger partial charge is 0.508 e. The Kier molecular flexibility index (Phi) is 2.60. The smallest absolute Gasteiger partial charge is 0.256 e. The summed E-state index contributed by atoms with van der Waals surface area (Å²) in [7, 11) is 0. The van der Waals surface area contributed by atoms with Crippen LogP contribution < -0.4 is 5.56 Å². The van der Waals surface area contributed by atoms with Crippen LogP contribution in [0.5, 0.6) is 5.75 Å². The number of H-pyrrole nitrogens is 1. The number of hydrogen-bond donors (Lipinski definition) is 2. The molecule has 0 amide bonds. The predicted molar refractivity (Wildman–Crippen MR) is 76.4 cm³/mol. The van der Waals surface area contributed by atoms with Crippen molar-refractivity contribution in [3.8, 4) is 17.0 Å². The highest BCUT2D eigenvalue weighted by Crippen LogP contribution is 2.22. The molecule has 0 radical (unpaired) electrons. The molecule has 0 aliphatic carbocycles. The van der Waals surface area contributed by atoms with Gasteiger partial charge in [-0.25, -0.2) is 0 Å². The topological polar surface area (TPSA) is 53.1 Å². The molecule has 0 fully saturated rings. The zero-order valence-corrected chi connectivity index (χ0v) is 10.5. The zero-order valence-electron chi connectivity index (χ0n) is 10.5. The number of aromatic nitrogens is 1. The number of nitrogens with one attached hydrogen (secondary N) is 1. The van der Waals surface area contributed by atoms with Gasteiger partial charge in [-0.1, -0.05) is 17.7 Å². The zero-order chi connectivity index (χ0) is 13.4. The molecule has 2 N–H and O–H groups in total. The number of benzene rings is 2. The molecule has 0 aliphatic rings. The second-order valence-electron chi connectivity index (χ2n) is 4.65. The summed E-state index contributed by atoms with van der Waals surface area (Å²) >= 11 is 0. The van der Waals surface area contributed by atoms with Crippen LogP contribution in [-0.2, 0) is 0 Å². The predicted octanol–water partition coefficient (Wildman–Crippen LogP) is 3.21. The summed E-state index contributed by atoms with van der Waals surface area (Å²) in [6.45, 7) is 1.97. The standard InChI is InChI=1S/C16H13NO2/c1-10-2-3-12-9-15(17-16(19)14(12)8-10)11-4-6-13(18)7-5-11/h2-9,18H,1H3,(H,17,19). The average molecular weight is 251 g/mol. The van der Waals surface area contributed by atoms with E-state index in [1.165, 1.54) is 0 Å². The molecule has 0 unspecified atom stereocenters. The molecule has 19 heavy (non-hydrogen) atoms. The molecule has 1 heterocycles. The second kappa shape index (κ2) is 4.28. The third-order valence-corrected chi connectivity index (χ3v) is 3.18. The van der Waals surface area contributed by atoms with Gasteiger partial charge in [0.15, 0.2) is 0 Å². The Hall–Kier alpha value is -2.55. The van der Waals surface area contributed by atoms with Crippen molar-refractivity contribution >= 4 is 10.8 Å². The molecular formula is C16H13NO2. The van der Waals surface area contributed by atoms with Crippen LogP contribution in [0.25, 0.3) is 22.0 Å². The fraction of sp³-hybridized carbons (Fsp3) is 0.0625. The molecule has 3 nitrogen and oxygen atoms in total. The minimum absolute atomic E-state index is 0.0933. The van der Waals surface area contributed by atoms with Crippen LogP contribution in [-0.4, -0.2) is 10.1 Å². The van der Waals surface area contributed by atoms with E-state index >= 15 is 0 Å². The normalized spacial score (nSPS) is 10.8. The molecule has 0 aliphatic heterocycles. The third-order valence-electron chi connectivity index (χ3n) is 3.18. The molecule has 1 aromatic heterocycles. The third kappa shape index (κ3) is 2.10. The van der Waals surface area contributed by atoms with E-state index in [2.05, 4.69) is 4.98 Å². The SMILES string of the molecule is Cc1ccc2cc(-c3ccc(O)cc3)[nH]c(=O)c2c1. The highest BCUT2D eigenvalue weighted by atomic mass is 16.3. The molecule has 2 aromatic carbocycles. The van der Waals surface area contributed by atoms with Crippen LogP contribution in [0.15, 0.2) is 53.3 Å². The van der Waals surface area contributed by atoms with E-state index < -0.39 is 0 Å². The van der Waals surface area contributed by atoms with Crippen LogP contribution in [0.3, 0.4) is 0 Å². The molecule has 0 spiro atoms. The van der Waals surface area contributed by atoms with Crippen molar-refractivity contribution in [2.45, 2.75) is 6.92 Å². The van der Waals surface area contributed by atoms with Gasteiger partial charge in [0.05, 0.1) is 0 Å². The minimum Gasteiger partial charge on any atom is -0.508 e. The van der Waals surface area contributed by atoms with Crippen LogP contribution in [0.4, 0.5) is 0 Å². The van der Waals surface area contributed by atoms with Crippen molar-refractivity contribution in [2.75, 3.05) is 0 Å². The summed E-state index contributed by atoms with van der Waals surface area (Å²) in [5.41, 5.74) is 2.60. The lowest BCUT2D eigenvalue weighted by molar-refractivity contribution is 0.475. The van der Waals surface area contributed by atoms with Gasteiger partial charge in [-0.05, 0) is 54.3 Å². The Morgan fingerprint density at radius 2 is 1.74 bits per heavy atom. The maximum absolute atomic E-state index is 12.1. The lowest BCUT2D eigenvalue weighted by Crippen LogP contribution is -2.07.